The van der Waals surface area contributed by atoms with Crippen molar-refractivity contribution in [1.29, 1.82) is 0 Å². The van der Waals surface area contributed by atoms with E-state index in [1.807, 2.05) is 20.8 Å². The van der Waals surface area contributed by atoms with Gasteiger partial charge >= 0.3 is 0 Å². The van der Waals surface area contributed by atoms with E-state index in [9.17, 15) is 14.4 Å². The number of nitrogens with two attached hydrogens (primary N) is 2. The monoisotopic (exact) mass is 313 g/mol. The molecule has 0 fully saturated rings. The Hall–Kier alpha value is -1.43. The Morgan fingerprint density at radius 2 is 1.82 bits per heavy atom. The molecule has 0 aliphatic carbocycles. The van der Waals surface area contributed by atoms with Crippen molar-refractivity contribution in [2.75, 3.05) is 6.54 Å². The molecule has 0 saturated heterocycles. The molecule has 0 spiro atoms. The third kappa shape index (κ3) is 8.77. The van der Waals surface area contributed by atoms with Crippen LogP contribution in [0.5, 0.6) is 0 Å². The van der Waals surface area contributed by atoms with Gasteiger partial charge in [-0.1, -0.05) is 20.8 Å². The molecule has 0 aromatic heterocycles. The fourth-order valence-corrected chi connectivity index (χ4v) is 2.38. The van der Waals surface area contributed by atoms with Gasteiger partial charge < -0.3 is 16.8 Å². The topological polar surface area (TPSA) is 115 Å². The number of nitrogens with one attached hydrogen (secondary N) is 1. The third-order valence-electron chi connectivity index (χ3n) is 3.50. The van der Waals surface area contributed by atoms with Crippen LogP contribution in [0.3, 0.4) is 0 Å². The smallest absolute Gasteiger partial charge is 0.220 e. The van der Waals surface area contributed by atoms with Gasteiger partial charge in [-0.2, -0.15) is 0 Å². The predicted octanol–water partition coefficient (Wildman–Crippen LogP) is 1.12. The quantitative estimate of drug-likeness (QED) is 0.500. The van der Waals surface area contributed by atoms with E-state index in [1.54, 1.807) is 0 Å². The normalized spacial score (nSPS) is 13.7. The molecule has 0 radical (unpaired) electrons. The summed E-state index contributed by atoms with van der Waals surface area (Å²) in [7, 11) is 0. The van der Waals surface area contributed by atoms with Crippen molar-refractivity contribution in [3.05, 3.63) is 0 Å². The Labute approximate surface area is 133 Å². The lowest BCUT2D eigenvalue weighted by atomic mass is 9.89. The number of rotatable bonds is 12. The standard InChI is InChI=1S/C16H31N3O3/c1-4-6-15(21)19-13(7-5-8-17)14(20)10-12(16(18)22)9-11(2)3/h11-13H,4-10,17H2,1-3H3,(H2,18,22)(H,19,21)/t12-,13+/m1/s1. The van der Waals surface area contributed by atoms with Gasteiger partial charge in [0.1, 0.15) is 0 Å². The molecule has 128 valence electrons. The molecule has 0 aromatic rings. The van der Waals surface area contributed by atoms with Crippen molar-refractivity contribution in [1.82, 2.24) is 5.32 Å². The van der Waals surface area contributed by atoms with Gasteiger partial charge in [-0.15, -0.1) is 0 Å². The van der Waals surface area contributed by atoms with E-state index in [0.29, 0.717) is 32.2 Å². The molecule has 0 aliphatic rings. The molecule has 0 rings (SSSR count). The molecule has 2 atom stereocenters. The largest absolute Gasteiger partial charge is 0.369 e. The molecule has 0 saturated carbocycles. The fraction of sp³-hybridized carbons (Fsp3) is 0.812. The second-order valence-electron chi connectivity index (χ2n) is 6.20. The van der Waals surface area contributed by atoms with Crippen molar-refractivity contribution in [3.8, 4) is 0 Å². The maximum Gasteiger partial charge on any atom is 0.220 e. The van der Waals surface area contributed by atoms with Crippen LogP contribution in [0.4, 0.5) is 0 Å². The van der Waals surface area contributed by atoms with Crippen LogP contribution in [0.15, 0.2) is 0 Å². The van der Waals surface area contributed by atoms with Crippen LogP contribution in [-0.4, -0.2) is 30.2 Å². The average molecular weight is 313 g/mol. The van der Waals surface area contributed by atoms with Crippen LogP contribution in [-0.2, 0) is 14.4 Å². The van der Waals surface area contributed by atoms with Crippen molar-refractivity contribution in [2.24, 2.45) is 23.3 Å². The minimum Gasteiger partial charge on any atom is -0.369 e. The van der Waals surface area contributed by atoms with Gasteiger partial charge in [0.25, 0.3) is 0 Å². The molecular formula is C16H31N3O3. The molecular weight excluding hydrogens is 282 g/mol. The van der Waals surface area contributed by atoms with Crippen molar-refractivity contribution >= 4 is 17.6 Å². The van der Waals surface area contributed by atoms with Gasteiger partial charge in [0, 0.05) is 18.8 Å². The maximum absolute atomic E-state index is 12.4. The number of primary amides is 1. The van der Waals surface area contributed by atoms with E-state index >= 15 is 0 Å². The number of hydrogen-bond donors (Lipinski definition) is 3. The van der Waals surface area contributed by atoms with Crippen LogP contribution < -0.4 is 16.8 Å². The van der Waals surface area contributed by atoms with Crippen molar-refractivity contribution in [2.45, 2.75) is 65.3 Å². The Balaban J connectivity index is 4.77. The molecule has 6 nitrogen and oxygen atoms in total. The lowest BCUT2D eigenvalue weighted by molar-refractivity contribution is -0.131. The summed E-state index contributed by atoms with van der Waals surface area (Å²) >= 11 is 0. The molecule has 0 aliphatic heterocycles. The number of hydrogen-bond acceptors (Lipinski definition) is 4. The number of ketones is 1. The first-order valence-electron chi connectivity index (χ1n) is 8.13. The zero-order valence-electron chi connectivity index (χ0n) is 14.1. The lowest BCUT2D eigenvalue weighted by Gasteiger charge is -2.21. The van der Waals surface area contributed by atoms with E-state index < -0.39 is 17.9 Å². The first-order chi connectivity index (χ1) is 10.3. The summed E-state index contributed by atoms with van der Waals surface area (Å²) in [5.74, 6) is -0.933. The second kappa shape index (κ2) is 11.2. The molecule has 0 aromatic carbocycles. The highest BCUT2D eigenvalue weighted by molar-refractivity contribution is 5.92. The third-order valence-corrected chi connectivity index (χ3v) is 3.50. The lowest BCUT2D eigenvalue weighted by Crippen LogP contribution is -2.42. The zero-order chi connectivity index (χ0) is 17.1. The predicted molar refractivity (Wildman–Crippen MR) is 86.9 cm³/mol. The highest BCUT2D eigenvalue weighted by Gasteiger charge is 2.26. The Morgan fingerprint density at radius 1 is 1.18 bits per heavy atom. The van der Waals surface area contributed by atoms with E-state index in [0.717, 1.165) is 6.42 Å². The van der Waals surface area contributed by atoms with E-state index in [-0.39, 0.29) is 24.0 Å². The fourth-order valence-electron chi connectivity index (χ4n) is 2.38. The Morgan fingerprint density at radius 3 is 2.27 bits per heavy atom. The molecule has 0 unspecified atom stereocenters. The van der Waals surface area contributed by atoms with Gasteiger partial charge in [0.2, 0.25) is 11.8 Å². The molecule has 0 heterocycles. The molecule has 2 amide bonds. The van der Waals surface area contributed by atoms with E-state index in [4.69, 9.17) is 11.5 Å². The minimum absolute atomic E-state index is 0.0785. The highest BCUT2D eigenvalue weighted by Crippen LogP contribution is 2.17. The van der Waals surface area contributed by atoms with Crippen LogP contribution in [0.2, 0.25) is 0 Å². The van der Waals surface area contributed by atoms with Crippen molar-refractivity contribution < 1.29 is 14.4 Å². The number of carbonyl (C=O) groups excluding carboxylic acids is 3. The molecule has 5 N–H and O–H groups in total. The number of amides is 2. The summed E-state index contributed by atoms with van der Waals surface area (Å²) in [4.78, 5) is 35.6. The second-order valence-corrected chi connectivity index (χ2v) is 6.20. The molecule has 22 heavy (non-hydrogen) atoms. The Kier molecular flexibility index (Phi) is 10.5. The van der Waals surface area contributed by atoms with E-state index in [1.165, 1.54) is 0 Å². The van der Waals surface area contributed by atoms with Crippen LogP contribution >= 0.6 is 0 Å². The van der Waals surface area contributed by atoms with E-state index in [2.05, 4.69) is 5.32 Å². The summed E-state index contributed by atoms with van der Waals surface area (Å²) < 4.78 is 0. The molecule has 6 heteroatoms. The van der Waals surface area contributed by atoms with Crippen LogP contribution in [0.1, 0.15) is 59.3 Å². The first kappa shape index (κ1) is 20.6. The van der Waals surface area contributed by atoms with Crippen LogP contribution in [0.25, 0.3) is 0 Å². The minimum atomic E-state index is -0.573. The summed E-state index contributed by atoms with van der Waals surface area (Å²) in [5, 5.41) is 2.75. The van der Waals surface area contributed by atoms with Gasteiger partial charge in [0.05, 0.1) is 6.04 Å². The summed E-state index contributed by atoms with van der Waals surface area (Å²) in [5.41, 5.74) is 10.9. The first-order valence-corrected chi connectivity index (χ1v) is 8.13. The van der Waals surface area contributed by atoms with Gasteiger partial charge in [-0.3, -0.25) is 14.4 Å². The van der Waals surface area contributed by atoms with Gasteiger partial charge in [-0.25, -0.2) is 0 Å². The maximum atomic E-state index is 12.4. The van der Waals surface area contributed by atoms with Gasteiger partial charge in [0.15, 0.2) is 5.78 Å². The number of carbonyl (C=O) groups is 3. The van der Waals surface area contributed by atoms with Crippen molar-refractivity contribution in [3.63, 3.8) is 0 Å². The van der Waals surface area contributed by atoms with Gasteiger partial charge in [-0.05, 0) is 38.1 Å². The summed E-state index contributed by atoms with van der Waals surface area (Å²) in [6, 6.07) is -0.573. The van der Waals surface area contributed by atoms with Crippen LogP contribution in [0, 0.1) is 11.8 Å². The number of Topliss-reactive ketones (excluding diaryl/α,β-unsaturated/α-hetero) is 1. The Bertz CT molecular complexity index is 370. The zero-order valence-corrected chi connectivity index (χ0v) is 14.1. The SMILES string of the molecule is CCCC(=O)N[C@@H](CCCN)C(=O)C[C@@H](CC(C)C)C(N)=O. The summed E-state index contributed by atoms with van der Waals surface area (Å²) in [6.45, 7) is 6.32. The highest BCUT2D eigenvalue weighted by atomic mass is 16.2. The summed E-state index contributed by atoms with van der Waals surface area (Å²) in [6.07, 6.45) is 2.91. The molecule has 0 bridgehead atoms. The average Bonchev–Trinajstić information content (AvgIpc) is 2.42.